The van der Waals surface area contributed by atoms with Crippen LogP contribution in [0.2, 0.25) is 0 Å². The zero-order chi connectivity index (χ0) is 12.3. The third-order valence-corrected chi connectivity index (χ3v) is 3.41. The second-order valence-electron chi connectivity index (χ2n) is 3.51. The zero-order valence-corrected chi connectivity index (χ0v) is 10.0. The molecule has 2 heterocycles. The second-order valence-corrected chi connectivity index (χ2v) is 4.49. The Morgan fingerprint density at radius 3 is 3.12 bits per heavy atom. The van der Waals surface area contributed by atoms with Gasteiger partial charge in [-0.2, -0.15) is 0 Å². The average molecular weight is 252 g/mol. The molecule has 2 aromatic rings. The van der Waals surface area contributed by atoms with E-state index >= 15 is 0 Å². The maximum Gasteiger partial charge on any atom is 0.366 e. The lowest BCUT2D eigenvalue weighted by Crippen LogP contribution is -2.08. The molecule has 6 nitrogen and oxygen atoms in total. The smallest absolute Gasteiger partial charge is 0.366 e. The summed E-state index contributed by atoms with van der Waals surface area (Å²) in [6, 6.07) is 4.05. The average Bonchev–Trinajstić information content (AvgIpc) is 2.96. The number of hydrogen-bond acceptors (Lipinski definition) is 5. The Labute approximate surface area is 102 Å². The Morgan fingerprint density at radius 1 is 1.71 bits per heavy atom. The van der Waals surface area contributed by atoms with Crippen molar-refractivity contribution >= 4 is 22.8 Å². The molecule has 0 radical (unpaired) electrons. The van der Waals surface area contributed by atoms with Crippen molar-refractivity contribution in [3.05, 3.63) is 38.7 Å². The van der Waals surface area contributed by atoms with Crippen LogP contribution in [0, 0.1) is 10.1 Å². The van der Waals surface area contributed by atoms with Crippen LogP contribution in [0.5, 0.6) is 0 Å². The molecule has 0 aliphatic heterocycles. The summed E-state index contributed by atoms with van der Waals surface area (Å²) in [6.45, 7) is 2.03. The number of rotatable bonds is 5. The molecule has 0 saturated heterocycles. The lowest BCUT2D eigenvalue weighted by Gasteiger charge is -2.14. The SMILES string of the molecule is CCC(Nc1cn[nH]c1[N+](=O)[O-])c1cccs1. The summed E-state index contributed by atoms with van der Waals surface area (Å²) in [5.41, 5.74) is 0.426. The van der Waals surface area contributed by atoms with Gasteiger partial charge in [-0.15, -0.1) is 16.4 Å². The minimum Gasteiger partial charge on any atom is -0.369 e. The molecular formula is C10H12N4O2S. The largest absolute Gasteiger partial charge is 0.369 e. The van der Waals surface area contributed by atoms with E-state index in [0.29, 0.717) is 5.69 Å². The summed E-state index contributed by atoms with van der Waals surface area (Å²) < 4.78 is 0. The number of nitrogens with zero attached hydrogens (tertiary/aromatic N) is 2. The first-order valence-electron chi connectivity index (χ1n) is 5.20. The second kappa shape index (κ2) is 4.96. The lowest BCUT2D eigenvalue weighted by molar-refractivity contribution is -0.388. The third kappa shape index (κ3) is 2.44. The maximum atomic E-state index is 10.7. The van der Waals surface area contributed by atoms with Gasteiger partial charge < -0.3 is 15.4 Å². The van der Waals surface area contributed by atoms with Crippen LogP contribution in [0.3, 0.4) is 0 Å². The number of nitro groups is 1. The van der Waals surface area contributed by atoms with E-state index < -0.39 is 4.92 Å². The standard InChI is InChI=1S/C10H12N4O2S/c1-2-7(9-4-3-5-17-9)12-8-6-11-13-10(8)14(15)16/h3-7,12H,2H2,1H3,(H,11,13). The van der Waals surface area contributed by atoms with Crippen LogP contribution in [-0.2, 0) is 0 Å². The summed E-state index contributed by atoms with van der Waals surface area (Å²) in [4.78, 5) is 11.4. The number of nitrogens with one attached hydrogen (secondary N) is 2. The van der Waals surface area contributed by atoms with Crippen molar-refractivity contribution in [1.82, 2.24) is 10.2 Å². The fourth-order valence-electron chi connectivity index (χ4n) is 1.58. The van der Waals surface area contributed by atoms with Crippen LogP contribution in [0.1, 0.15) is 24.3 Å². The Hall–Kier alpha value is -1.89. The molecule has 17 heavy (non-hydrogen) atoms. The molecule has 0 aromatic carbocycles. The van der Waals surface area contributed by atoms with Crippen molar-refractivity contribution in [1.29, 1.82) is 0 Å². The van der Waals surface area contributed by atoms with E-state index in [-0.39, 0.29) is 11.9 Å². The van der Waals surface area contributed by atoms with Gasteiger partial charge in [-0.05, 0) is 22.8 Å². The molecule has 2 N–H and O–H groups in total. The fourth-order valence-corrected chi connectivity index (χ4v) is 2.44. The van der Waals surface area contributed by atoms with Gasteiger partial charge in [0, 0.05) is 4.88 Å². The predicted octanol–water partition coefficient (Wildman–Crippen LogP) is 2.94. The van der Waals surface area contributed by atoms with Crippen molar-refractivity contribution in [2.45, 2.75) is 19.4 Å². The number of hydrogen-bond donors (Lipinski definition) is 2. The third-order valence-electron chi connectivity index (χ3n) is 2.43. The molecule has 0 bridgehead atoms. The van der Waals surface area contributed by atoms with E-state index in [4.69, 9.17) is 0 Å². The van der Waals surface area contributed by atoms with E-state index in [1.54, 1.807) is 11.3 Å². The van der Waals surface area contributed by atoms with Gasteiger partial charge in [-0.1, -0.05) is 18.1 Å². The molecule has 0 amide bonds. The van der Waals surface area contributed by atoms with Gasteiger partial charge >= 0.3 is 5.82 Å². The van der Waals surface area contributed by atoms with Crippen LogP contribution in [0.4, 0.5) is 11.5 Å². The maximum absolute atomic E-state index is 10.7. The zero-order valence-electron chi connectivity index (χ0n) is 9.21. The molecule has 0 spiro atoms. The van der Waals surface area contributed by atoms with Crippen molar-refractivity contribution < 1.29 is 4.92 Å². The first-order valence-corrected chi connectivity index (χ1v) is 6.08. The molecule has 0 fully saturated rings. The summed E-state index contributed by atoms with van der Waals surface area (Å²) in [5, 5.41) is 21.9. The van der Waals surface area contributed by atoms with Gasteiger partial charge in [0.1, 0.15) is 6.20 Å². The normalized spacial score (nSPS) is 12.3. The summed E-state index contributed by atoms with van der Waals surface area (Å²) in [7, 11) is 0. The van der Waals surface area contributed by atoms with Crippen LogP contribution >= 0.6 is 11.3 Å². The van der Waals surface area contributed by atoms with E-state index in [1.807, 2.05) is 24.4 Å². The van der Waals surface area contributed by atoms with E-state index in [1.165, 1.54) is 6.20 Å². The molecular weight excluding hydrogens is 240 g/mol. The first kappa shape index (κ1) is 11.6. The Balaban J connectivity index is 2.19. The highest BCUT2D eigenvalue weighted by Gasteiger charge is 2.19. The number of aromatic nitrogens is 2. The predicted molar refractivity (Wildman–Crippen MR) is 66.2 cm³/mol. The Kier molecular flexibility index (Phi) is 3.38. The molecule has 1 unspecified atom stereocenters. The number of thiophene rings is 1. The minimum atomic E-state index is -0.476. The van der Waals surface area contributed by atoms with E-state index in [2.05, 4.69) is 15.5 Å². The van der Waals surface area contributed by atoms with E-state index in [9.17, 15) is 10.1 Å². The highest BCUT2D eigenvalue weighted by molar-refractivity contribution is 7.10. The molecule has 90 valence electrons. The van der Waals surface area contributed by atoms with E-state index in [0.717, 1.165) is 11.3 Å². The first-order chi connectivity index (χ1) is 8.22. The van der Waals surface area contributed by atoms with Gasteiger partial charge in [0.25, 0.3) is 0 Å². The van der Waals surface area contributed by atoms with Crippen LogP contribution in [-0.4, -0.2) is 15.1 Å². The molecule has 2 rings (SSSR count). The van der Waals surface area contributed by atoms with Crippen molar-refractivity contribution in [2.75, 3.05) is 5.32 Å². The quantitative estimate of drug-likeness (QED) is 0.633. The lowest BCUT2D eigenvalue weighted by atomic mass is 10.2. The molecule has 0 aliphatic rings. The molecule has 0 aliphatic carbocycles. The van der Waals surface area contributed by atoms with Crippen molar-refractivity contribution in [3.63, 3.8) is 0 Å². The van der Waals surface area contributed by atoms with Gasteiger partial charge in [-0.25, -0.2) is 0 Å². The van der Waals surface area contributed by atoms with Gasteiger partial charge in [0.2, 0.25) is 0 Å². The topological polar surface area (TPSA) is 83.8 Å². The van der Waals surface area contributed by atoms with Crippen molar-refractivity contribution in [3.8, 4) is 0 Å². The van der Waals surface area contributed by atoms with Crippen LogP contribution in [0.15, 0.2) is 23.7 Å². The number of anilines is 1. The summed E-state index contributed by atoms with van der Waals surface area (Å²) in [6.07, 6.45) is 2.29. The minimum absolute atomic E-state index is 0.0753. The highest BCUT2D eigenvalue weighted by atomic mass is 32.1. The van der Waals surface area contributed by atoms with Crippen molar-refractivity contribution in [2.24, 2.45) is 0 Å². The Bertz CT molecular complexity index is 494. The molecule has 0 saturated carbocycles. The number of H-pyrrole nitrogens is 1. The molecule has 7 heteroatoms. The van der Waals surface area contributed by atoms with Crippen LogP contribution in [0.25, 0.3) is 0 Å². The highest BCUT2D eigenvalue weighted by Crippen LogP contribution is 2.29. The summed E-state index contributed by atoms with van der Waals surface area (Å²) in [5.74, 6) is -0.0972. The monoisotopic (exact) mass is 252 g/mol. The number of aromatic amines is 1. The molecule has 2 aromatic heterocycles. The fraction of sp³-hybridized carbons (Fsp3) is 0.300. The Morgan fingerprint density at radius 2 is 2.53 bits per heavy atom. The van der Waals surface area contributed by atoms with Gasteiger partial charge in [0.15, 0.2) is 5.69 Å². The summed E-state index contributed by atoms with van der Waals surface area (Å²) >= 11 is 1.63. The molecule has 1 atom stereocenters. The van der Waals surface area contributed by atoms with Gasteiger partial charge in [0.05, 0.1) is 6.04 Å². The van der Waals surface area contributed by atoms with Crippen LogP contribution < -0.4 is 5.32 Å². The van der Waals surface area contributed by atoms with Gasteiger partial charge in [-0.3, -0.25) is 0 Å².